The highest BCUT2D eigenvalue weighted by atomic mass is 79.9. The number of hydrogen-bond donors (Lipinski definition) is 1. The second-order valence-electron chi connectivity index (χ2n) is 7.64. The number of furan rings is 1. The van der Waals surface area contributed by atoms with Crippen LogP contribution in [0.2, 0.25) is 0 Å². The number of carbonyl (C=O) groups is 1. The van der Waals surface area contributed by atoms with Crippen LogP contribution in [0.25, 0.3) is 21.0 Å². The summed E-state index contributed by atoms with van der Waals surface area (Å²) in [6, 6.07) is 19.9. The summed E-state index contributed by atoms with van der Waals surface area (Å²) in [5.41, 5.74) is 1.40. The number of benzene rings is 2. The van der Waals surface area contributed by atoms with Crippen LogP contribution >= 0.6 is 27.3 Å². The average Bonchev–Trinajstić information content (AvgIpc) is 3.45. The molecule has 0 radical (unpaired) electrons. The van der Waals surface area contributed by atoms with E-state index in [1.165, 1.54) is 0 Å². The van der Waals surface area contributed by atoms with E-state index in [1.807, 2.05) is 54.6 Å². The molecule has 1 saturated heterocycles. The Kier molecular flexibility index (Phi) is 5.65. The number of fused-ring (bicyclic) bond motifs is 1. The fourth-order valence-electron chi connectivity index (χ4n) is 4.04. The number of nitrogens with zero attached hydrogens (tertiary/aromatic N) is 1. The first-order valence-corrected chi connectivity index (χ1v) is 11.8. The van der Waals surface area contributed by atoms with Crippen molar-refractivity contribution in [2.24, 2.45) is 0 Å². The van der Waals surface area contributed by atoms with Gasteiger partial charge in [0.25, 0.3) is 0 Å². The lowest BCUT2D eigenvalue weighted by Gasteiger charge is -2.36. The zero-order chi connectivity index (χ0) is 21.3. The average molecular weight is 497 g/mol. The Labute approximate surface area is 192 Å². The van der Waals surface area contributed by atoms with Gasteiger partial charge in [-0.15, -0.1) is 11.3 Å². The topological polar surface area (TPSA) is 64.4 Å². The lowest BCUT2D eigenvalue weighted by molar-refractivity contribution is -0.130. The number of para-hydroxylation sites is 1. The number of carbonyl (C=O) groups excluding carboxylic acids is 1. The highest BCUT2D eigenvalue weighted by Gasteiger charge is 2.41. The van der Waals surface area contributed by atoms with E-state index in [0.29, 0.717) is 38.4 Å². The zero-order valence-electron chi connectivity index (χ0n) is 16.8. The molecule has 1 fully saturated rings. The zero-order valence-corrected chi connectivity index (χ0v) is 19.2. The molecule has 31 heavy (non-hydrogen) atoms. The van der Waals surface area contributed by atoms with Crippen LogP contribution < -0.4 is 5.32 Å². The van der Waals surface area contributed by atoms with E-state index in [2.05, 4.69) is 32.3 Å². The van der Waals surface area contributed by atoms with E-state index >= 15 is 0 Å². The first-order valence-electron chi connectivity index (χ1n) is 10.2. The first-order chi connectivity index (χ1) is 15.1. The Morgan fingerprint density at radius 1 is 1.06 bits per heavy atom. The molecular formula is C24H21BrN2O3S. The van der Waals surface area contributed by atoms with Gasteiger partial charge in [0, 0.05) is 17.7 Å². The van der Waals surface area contributed by atoms with Crippen LogP contribution in [0.1, 0.15) is 24.2 Å². The first kappa shape index (κ1) is 20.4. The Bertz CT molecular complexity index is 1180. The van der Waals surface area contributed by atoms with E-state index in [4.69, 9.17) is 9.15 Å². The maximum absolute atomic E-state index is 13.3. The minimum Gasteiger partial charge on any atom is -0.457 e. The van der Waals surface area contributed by atoms with Gasteiger partial charge in [0.15, 0.2) is 10.8 Å². The molecule has 1 aliphatic rings. The maximum atomic E-state index is 13.3. The van der Waals surface area contributed by atoms with Gasteiger partial charge in [0.05, 0.1) is 22.2 Å². The summed E-state index contributed by atoms with van der Waals surface area (Å²) in [6.45, 7) is 1.49. The normalized spacial score (nSPS) is 15.8. The van der Waals surface area contributed by atoms with E-state index in [9.17, 15) is 4.79 Å². The predicted octanol–water partition coefficient (Wildman–Crippen LogP) is 5.68. The quantitative estimate of drug-likeness (QED) is 0.385. The summed E-state index contributed by atoms with van der Waals surface area (Å²) in [6.07, 6.45) is 1.32. The molecule has 4 aromatic rings. The third kappa shape index (κ3) is 4.05. The highest BCUT2D eigenvalue weighted by Crippen LogP contribution is 2.36. The van der Waals surface area contributed by atoms with Gasteiger partial charge in [-0.05, 0) is 54.8 Å². The van der Waals surface area contributed by atoms with Crippen LogP contribution in [0, 0.1) is 0 Å². The summed E-state index contributed by atoms with van der Waals surface area (Å²) in [4.78, 5) is 18.0. The standard InChI is InChI=1S/C24H21BrN2O3S/c25-17-7-5-16(6-8-17)24(11-13-29-14-12-24)23(28)26-15-18-9-10-20(30-18)22-27-19-3-1-2-4-21(19)31-22/h1-10H,11-15H2,(H,26,28). The summed E-state index contributed by atoms with van der Waals surface area (Å²) < 4.78 is 13.7. The molecule has 5 rings (SSSR count). The lowest BCUT2D eigenvalue weighted by Crippen LogP contribution is -2.47. The van der Waals surface area contributed by atoms with Crippen molar-refractivity contribution in [3.63, 3.8) is 0 Å². The van der Waals surface area contributed by atoms with Gasteiger partial charge in [-0.25, -0.2) is 4.98 Å². The number of nitrogens with one attached hydrogen (secondary N) is 1. The van der Waals surface area contributed by atoms with E-state index < -0.39 is 5.41 Å². The smallest absolute Gasteiger partial charge is 0.231 e. The SMILES string of the molecule is O=C(NCc1ccc(-c2nc3ccccc3s2)o1)C1(c2ccc(Br)cc2)CCOCC1. The van der Waals surface area contributed by atoms with Crippen LogP contribution in [0.15, 0.2) is 69.6 Å². The fraction of sp³-hybridized carbons (Fsp3) is 0.250. The van der Waals surface area contributed by atoms with Gasteiger partial charge >= 0.3 is 0 Å². The van der Waals surface area contributed by atoms with Crippen molar-refractivity contribution >= 4 is 43.4 Å². The molecule has 0 atom stereocenters. The second-order valence-corrected chi connectivity index (χ2v) is 9.58. The molecule has 1 N–H and O–H groups in total. The van der Waals surface area contributed by atoms with Gasteiger partial charge < -0.3 is 14.5 Å². The number of ether oxygens (including phenoxy) is 1. The Hall–Kier alpha value is -2.48. The van der Waals surface area contributed by atoms with Crippen LogP contribution in [-0.2, 0) is 21.5 Å². The van der Waals surface area contributed by atoms with E-state index in [-0.39, 0.29) is 5.91 Å². The van der Waals surface area contributed by atoms with Crippen molar-refractivity contribution in [2.75, 3.05) is 13.2 Å². The molecule has 1 aliphatic heterocycles. The Morgan fingerprint density at radius 3 is 2.61 bits per heavy atom. The number of amides is 1. The Balaban J connectivity index is 1.32. The van der Waals surface area contributed by atoms with Crippen LogP contribution in [0.3, 0.4) is 0 Å². The van der Waals surface area contributed by atoms with E-state index in [0.717, 1.165) is 31.0 Å². The van der Waals surface area contributed by atoms with Crippen molar-refractivity contribution in [1.82, 2.24) is 10.3 Å². The largest absolute Gasteiger partial charge is 0.457 e. The summed E-state index contributed by atoms with van der Waals surface area (Å²) in [5.74, 6) is 1.44. The molecule has 0 aliphatic carbocycles. The van der Waals surface area contributed by atoms with Crippen molar-refractivity contribution < 1.29 is 13.9 Å². The molecule has 1 amide bonds. The minimum atomic E-state index is -0.582. The molecule has 0 spiro atoms. The van der Waals surface area contributed by atoms with Crippen LogP contribution in [0.4, 0.5) is 0 Å². The Morgan fingerprint density at radius 2 is 1.84 bits per heavy atom. The van der Waals surface area contributed by atoms with Gasteiger partial charge in [0.1, 0.15) is 5.76 Å². The van der Waals surface area contributed by atoms with Gasteiger partial charge in [0.2, 0.25) is 5.91 Å². The molecule has 5 nitrogen and oxygen atoms in total. The molecule has 0 saturated carbocycles. The van der Waals surface area contributed by atoms with Crippen molar-refractivity contribution in [2.45, 2.75) is 24.8 Å². The molecule has 2 aromatic carbocycles. The molecule has 7 heteroatoms. The third-order valence-corrected chi connectivity index (χ3v) is 7.35. The van der Waals surface area contributed by atoms with Crippen molar-refractivity contribution in [3.8, 4) is 10.8 Å². The predicted molar refractivity (Wildman–Crippen MR) is 125 cm³/mol. The second kappa shape index (κ2) is 8.57. The summed E-state index contributed by atoms with van der Waals surface area (Å²) in [7, 11) is 0. The molecule has 158 valence electrons. The molecule has 3 heterocycles. The number of halogens is 1. The number of rotatable bonds is 5. The van der Waals surface area contributed by atoms with Crippen molar-refractivity contribution in [1.29, 1.82) is 0 Å². The molecule has 2 aromatic heterocycles. The van der Waals surface area contributed by atoms with E-state index in [1.54, 1.807) is 11.3 Å². The number of thiazole rings is 1. The molecule has 0 bridgehead atoms. The number of aromatic nitrogens is 1. The summed E-state index contributed by atoms with van der Waals surface area (Å²) >= 11 is 5.07. The third-order valence-electron chi connectivity index (χ3n) is 5.77. The van der Waals surface area contributed by atoms with Crippen LogP contribution in [-0.4, -0.2) is 24.1 Å². The maximum Gasteiger partial charge on any atom is 0.231 e. The molecule has 0 unspecified atom stereocenters. The highest BCUT2D eigenvalue weighted by molar-refractivity contribution is 9.10. The lowest BCUT2D eigenvalue weighted by atomic mass is 9.73. The van der Waals surface area contributed by atoms with Gasteiger partial charge in [-0.3, -0.25) is 4.79 Å². The van der Waals surface area contributed by atoms with Gasteiger partial charge in [-0.1, -0.05) is 40.2 Å². The van der Waals surface area contributed by atoms with Gasteiger partial charge in [-0.2, -0.15) is 0 Å². The van der Waals surface area contributed by atoms with Crippen molar-refractivity contribution in [3.05, 3.63) is 76.5 Å². The molecular weight excluding hydrogens is 476 g/mol. The van der Waals surface area contributed by atoms with Crippen LogP contribution in [0.5, 0.6) is 0 Å². The summed E-state index contributed by atoms with van der Waals surface area (Å²) in [5, 5.41) is 3.94. The monoisotopic (exact) mass is 496 g/mol. The fourth-order valence-corrected chi connectivity index (χ4v) is 5.23. The minimum absolute atomic E-state index is 0.0102. The number of hydrogen-bond acceptors (Lipinski definition) is 5.